The molecule has 0 fully saturated rings. The molecule has 0 aromatic rings. The van der Waals surface area contributed by atoms with Crippen molar-refractivity contribution in [2.24, 2.45) is 0 Å². The van der Waals surface area contributed by atoms with E-state index >= 15 is 0 Å². The second-order valence-electron chi connectivity index (χ2n) is 3.79. The van der Waals surface area contributed by atoms with Crippen LogP contribution in [0.5, 0.6) is 0 Å². The van der Waals surface area contributed by atoms with Crippen LogP contribution in [0.4, 0.5) is 0 Å². The Kier molecular flexibility index (Phi) is 8.05. The highest BCUT2D eigenvalue weighted by molar-refractivity contribution is 7.56. The molecule has 104 valence electrons. The molecule has 19 heavy (non-hydrogen) atoms. The van der Waals surface area contributed by atoms with E-state index in [0.717, 1.165) is 0 Å². The molecule has 0 amide bonds. The van der Waals surface area contributed by atoms with Gasteiger partial charge in [0.2, 0.25) is 0 Å². The summed E-state index contributed by atoms with van der Waals surface area (Å²) in [5.74, 6) is 0. The predicted molar refractivity (Wildman–Crippen MR) is 68.9 cm³/mol. The fraction of sp³-hybridized carbons (Fsp3) is 0.750. The molecular formula is C12H18N3O3P. The second kappa shape index (κ2) is 8.68. The van der Waals surface area contributed by atoms with Crippen LogP contribution in [-0.4, -0.2) is 18.4 Å². The third-order valence-corrected chi connectivity index (χ3v) is 5.42. The maximum Gasteiger partial charge on any atom is 0.350 e. The molecule has 0 aliphatic heterocycles. The Morgan fingerprint density at radius 2 is 1.42 bits per heavy atom. The van der Waals surface area contributed by atoms with Crippen LogP contribution in [0, 0.1) is 34.0 Å². The molecule has 0 rings (SSSR count). The van der Waals surface area contributed by atoms with E-state index in [-0.39, 0.29) is 38.9 Å². The minimum Gasteiger partial charge on any atom is -0.308 e. The van der Waals surface area contributed by atoms with Gasteiger partial charge in [0.25, 0.3) is 0 Å². The van der Waals surface area contributed by atoms with Gasteiger partial charge in [-0.2, -0.15) is 15.8 Å². The first-order valence-electron chi connectivity index (χ1n) is 6.10. The summed E-state index contributed by atoms with van der Waals surface area (Å²) in [5.41, 5.74) is 0. The van der Waals surface area contributed by atoms with Crippen molar-refractivity contribution in [1.82, 2.24) is 0 Å². The van der Waals surface area contributed by atoms with Gasteiger partial charge in [-0.25, -0.2) is 0 Å². The molecule has 0 aromatic carbocycles. The molecular weight excluding hydrogens is 265 g/mol. The molecule has 7 heteroatoms. The van der Waals surface area contributed by atoms with E-state index in [9.17, 15) is 9.83 Å². The van der Waals surface area contributed by atoms with Gasteiger partial charge in [-0.3, -0.25) is 4.57 Å². The van der Waals surface area contributed by atoms with Crippen molar-refractivity contribution in [2.75, 3.05) is 13.2 Å². The molecule has 6 nitrogen and oxygen atoms in total. The minimum atomic E-state index is -3.68. The standard InChI is InChI=1S/C12H18N3O3P/c1-3-17-19(16,18-4-2)12(11-15,7-5-9-13)8-6-10-14/h3-8H2,1-2H3. The smallest absolute Gasteiger partial charge is 0.308 e. The molecule has 0 heterocycles. The molecule has 0 saturated carbocycles. The molecule has 0 atom stereocenters. The summed E-state index contributed by atoms with van der Waals surface area (Å²) in [4.78, 5) is 0. The summed E-state index contributed by atoms with van der Waals surface area (Å²) in [6, 6.07) is 5.83. The van der Waals surface area contributed by atoms with Crippen LogP contribution in [0.2, 0.25) is 0 Å². The van der Waals surface area contributed by atoms with Crippen molar-refractivity contribution >= 4 is 7.60 Å². The summed E-state index contributed by atoms with van der Waals surface area (Å²) in [7, 11) is -3.68. The summed E-state index contributed by atoms with van der Waals surface area (Å²) in [6.07, 6.45) is 0.254. The largest absolute Gasteiger partial charge is 0.350 e. The average Bonchev–Trinajstić information content (AvgIpc) is 2.40. The Morgan fingerprint density at radius 1 is 1.00 bits per heavy atom. The van der Waals surface area contributed by atoms with Gasteiger partial charge in [-0.15, -0.1) is 0 Å². The Morgan fingerprint density at radius 3 is 1.68 bits per heavy atom. The van der Waals surface area contributed by atoms with Crippen molar-refractivity contribution in [2.45, 2.75) is 44.7 Å². The molecule has 0 aliphatic carbocycles. The lowest BCUT2D eigenvalue weighted by Gasteiger charge is -2.32. The van der Waals surface area contributed by atoms with E-state index in [1.165, 1.54) is 0 Å². The monoisotopic (exact) mass is 283 g/mol. The predicted octanol–water partition coefficient (Wildman–Crippen LogP) is 3.12. The molecule has 0 unspecified atom stereocenters. The summed E-state index contributed by atoms with van der Waals surface area (Å²) in [5, 5.41) is 25.4. The Balaban J connectivity index is 5.49. The highest BCUT2D eigenvalue weighted by atomic mass is 31.2. The van der Waals surface area contributed by atoms with Gasteiger partial charge in [-0.1, -0.05) is 0 Å². The summed E-state index contributed by atoms with van der Waals surface area (Å²) < 4.78 is 23.2. The normalized spacial score (nSPS) is 11.3. The van der Waals surface area contributed by atoms with Gasteiger partial charge in [0.05, 0.1) is 31.4 Å². The zero-order valence-corrected chi connectivity index (χ0v) is 12.2. The van der Waals surface area contributed by atoms with Gasteiger partial charge in [0.1, 0.15) is 0 Å². The fourth-order valence-corrected chi connectivity index (χ4v) is 3.86. The van der Waals surface area contributed by atoms with Gasteiger partial charge in [0, 0.05) is 12.8 Å². The maximum atomic E-state index is 12.8. The van der Waals surface area contributed by atoms with E-state index in [1.807, 2.05) is 18.2 Å². The molecule has 0 bridgehead atoms. The van der Waals surface area contributed by atoms with Crippen LogP contribution in [0.25, 0.3) is 0 Å². The summed E-state index contributed by atoms with van der Waals surface area (Å²) >= 11 is 0. The van der Waals surface area contributed by atoms with Crippen molar-refractivity contribution < 1.29 is 13.6 Å². The van der Waals surface area contributed by atoms with Crippen molar-refractivity contribution in [3.63, 3.8) is 0 Å². The van der Waals surface area contributed by atoms with Crippen molar-refractivity contribution in [3.05, 3.63) is 0 Å². The van der Waals surface area contributed by atoms with E-state index in [1.54, 1.807) is 13.8 Å². The molecule has 0 N–H and O–H groups in total. The Labute approximate surface area is 114 Å². The number of rotatable bonds is 9. The first kappa shape index (κ1) is 17.6. The van der Waals surface area contributed by atoms with E-state index < -0.39 is 12.8 Å². The fourth-order valence-electron chi connectivity index (χ4n) is 1.72. The van der Waals surface area contributed by atoms with Gasteiger partial charge >= 0.3 is 7.60 Å². The maximum absolute atomic E-state index is 12.8. The van der Waals surface area contributed by atoms with E-state index in [2.05, 4.69) is 0 Å². The lowest BCUT2D eigenvalue weighted by Crippen LogP contribution is -2.29. The Bertz CT molecular complexity index is 417. The third-order valence-electron chi connectivity index (χ3n) is 2.63. The summed E-state index contributed by atoms with van der Waals surface area (Å²) in [6.45, 7) is 3.59. The SMILES string of the molecule is CCOP(=O)(OCC)C(C#N)(CCC#N)CCC#N. The number of nitriles is 3. The van der Waals surface area contributed by atoms with Gasteiger partial charge in [-0.05, 0) is 26.7 Å². The van der Waals surface area contributed by atoms with Crippen molar-refractivity contribution in [1.29, 1.82) is 15.8 Å². The van der Waals surface area contributed by atoms with Crippen LogP contribution in [-0.2, 0) is 13.6 Å². The average molecular weight is 283 g/mol. The third kappa shape index (κ3) is 4.34. The zero-order chi connectivity index (χ0) is 14.8. The van der Waals surface area contributed by atoms with Gasteiger partial charge in [0.15, 0.2) is 5.16 Å². The molecule has 0 saturated heterocycles. The van der Waals surface area contributed by atoms with Crippen molar-refractivity contribution in [3.8, 4) is 18.2 Å². The zero-order valence-electron chi connectivity index (χ0n) is 11.3. The lowest BCUT2D eigenvalue weighted by molar-refractivity contribution is 0.200. The van der Waals surface area contributed by atoms with Crippen LogP contribution in [0.1, 0.15) is 39.5 Å². The van der Waals surface area contributed by atoms with Crippen LogP contribution >= 0.6 is 7.60 Å². The van der Waals surface area contributed by atoms with Gasteiger partial charge < -0.3 is 9.05 Å². The number of hydrogen-bond acceptors (Lipinski definition) is 6. The quantitative estimate of drug-likeness (QED) is 0.601. The van der Waals surface area contributed by atoms with E-state index in [4.69, 9.17) is 19.6 Å². The molecule has 0 aromatic heterocycles. The Hall–Kier alpha value is -1.38. The second-order valence-corrected chi connectivity index (χ2v) is 6.16. The highest BCUT2D eigenvalue weighted by Gasteiger charge is 2.50. The first-order chi connectivity index (χ1) is 9.05. The minimum absolute atomic E-state index is 0.0587. The molecule has 0 radical (unpaired) electrons. The number of nitrogens with zero attached hydrogens (tertiary/aromatic N) is 3. The molecule has 0 spiro atoms. The van der Waals surface area contributed by atoms with Crippen LogP contribution in [0.3, 0.4) is 0 Å². The number of hydrogen-bond donors (Lipinski definition) is 0. The highest BCUT2D eigenvalue weighted by Crippen LogP contribution is 2.63. The van der Waals surface area contributed by atoms with E-state index in [0.29, 0.717) is 0 Å². The lowest BCUT2D eigenvalue weighted by atomic mass is 9.99. The topological polar surface area (TPSA) is 107 Å². The van der Waals surface area contributed by atoms with Crippen LogP contribution < -0.4 is 0 Å². The molecule has 0 aliphatic rings. The van der Waals surface area contributed by atoms with Crippen LogP contribution in [0.15, 0.2) is 0 Å². The first-order valence-corrected chi connectivity index (χ1v) is 7.64.